The molecule has 1 aromatic carbocycles. The largest absolute Gasteiger partial charge is 0.491 e. The van der Waals surface area contributed by atoms with E-state index in [0.29, 0.717) is 6.54 Å². The number of rotatable bonds is 6. The molecule has 1 N–H and O–H groups in total. The van der Waals surface area contributed by atoms with Crippen molar-refractivity contribution in [2.24, 2.45) is 0 Å². The first-order chi connectivity index (χ1) is 12.0. The second-order valence-electron chi connectivity index (χ2n) is 6.26. The fourth-order valence-corrected chi connectivity index (χ4v) is 2.57. The first-order valence-electron chi connectivity index (χ1n) is 8.36. The van der Waals surface area contributed by atoms with E-state index in [9.17, 15) is 0 Å². The molecule has 130 valence electrons. The standard InChI is InChI=1S/C19H23N5O/c1-13(2)25-17-7-5-16(6-8-17)11-20-18-10-19(22-12-21-18)24-15(4)9-14(3)23-24/h5-10,12-13H,11H2,1-4H3,(H,20,21,22). The van der Waals surface area contributed by atoms with Crippen LogP contribution in [0, 0.1) is 13.8 Å². The van der Waals surface area contributed by atoms with E-state index in [1.807, 2.05) is 68.8 Å². The molecule has 0 aliphatic carbocycles. The Balaban J connectivity index is 1.67. The highest BCUT2D eigenvalue weighted by molar-refractivity contribution is 5.42. The molecule has 0 aliphatic rings. The zero-order valence-corrected chi connectivity index (χ0v) is 15.0. The van der Waals surface area contributed by atoms with Crippen LogP contribution in [0.3, 0.4) is 0 Å². The highest BCUT2D eigenvalue weighted by Gasteiger charge is 2.06. The molecule has 3 aromatic rings. The molecule has 0 unspecified atom stereocenters. The Kier molecular flexibility index (Phi) is 4.97. The van der Waals surface area contributed by atoms with Gasteiger partial charge in [-0.25, -0.2) is 14.6 Å². The van der Waals surface area contributed by atoms with E-state index >= 15 is 0 Å². The van der Waals surface area contributed by atoms with Crippen LogP contribution in [0.2, 0.25) is 0 Å². The van der Waals surface area contributed by atoms with Crippen LogP contribution in [0.1, 0.15) is 30.8 Å². The van der Waals surface area contributed by atoms with Crippen molar-refractivity contribution in [1.29, 1.82) is 0 Å². The third kappa shape index (κ3) is 4.35. The molecule has 0 amide bonds. The quantitative estimate of drug-likeness (QED) is 0.743. The van der Waals surface area contributed by atoms with Crippen LogP contribution in [0.15, 0.2) is 42.7 Å². The zero-order valence-electron chi connectivity index (χ0n) is 15.0. The smallest absolute Gasteiger partial charge is 0.159 e. The van der Waals surface area contributed by atoms with Crippen molar-refractivity contribution >= 4 is 5.82 Å². The zero-order chi connectivity index (χ0) is 17.8. The summed E-state index contributed by atoms with van der Waals surface area (Å²) in [5, 5.41) is 7.78. The first kappa shape index (κ1) is 17.0. The van der Waals surface area contributed by atoms with Gasteiger partial charge in [-0.05, 0) is 51.5 Å². The molecule has 2 heterocycles. The van der Waals surface area contributed by atoms with Gasteiger partial charge in [-0.15, -0.1) is 0 Å². The van der Waals surface area contributed by atoms with Gasteiger partial charge in [-0.2, -0.15) is 5.10 Å². The number of ether oxygens (including phenoxy) is 1. The van der Waals surface area contributed by atoms with Crippen molar-refractivity contribution < 1.29 is 4.74 Å². The number of hydrogen-bond acceptors (Lipinski definition) is 5. The predicted octanol–water partition coefficient (Wildman–Crippen LogP) is 3.68. The Morgan fingerprint density at radius 2 is 1.84 bits per heavy atom. The number of nitrogens with zero attached hydrogens (tertiary/aromatic N) is 4. The average Bonchev–Trinajstić information content (AvgIpc) is 2.92. The van der Waals surface area contributed by atoms with Gasteiger partial charge in [0.15, 0.2) is 5.82 Å². The number of benzene rings is 1. The van der Waals surface area contributed by atoms with Crippen molar-refractivity contribution in [2.45, 2.75) is 40.3 Å². The average molecular weight is 337 g/mol. The van der Waals surface area contributed by atoms with E-state index in [-0.39, 0.29) is 6.10 Å². The molecule has 25 heavy (non-hydrogen) atoms. The van der Waals surface area contributed by atoms with E-state index in [2.05, 4.69) is 20.4 Å². The van der Waals surface area contributed by atoms with Gasteiger partial charge in [0, 0.05) is 18.3 Å². The van der Waals surface area contributed by atoms with Crippen molar-refractivity contribution in [3.05, 3.63) is 59.7 Å². The molecule has 2 aromatic heterocycles. The van der Waals surface area contributed by atoms with Gasteiger partial charge in [0.05, 0.1) is 11.8 Å². The third-order valence-electron chi connectivity index (χ3n) is 3.65. The molecule has 0 aliphatic heterocycles. The van der Waals surface area contributed by atoms with Crippen LogP contribution >= 0.6 is 0 Å². The van der Waals surface area contributed by atoms with Crippen LogP contribution in [-0.2, 0) is 6.54 Å². The van der Waals surface area contributed by atoms with E-state index in [0.717, 1.165) is 34.3 Å². The maximum absolute atomic E-state index is 5.66. The maximum atomic E-state index is 5.66. The van der Waals surface area contributed by atoms with Gasteiger partial charge in [-0.1, -0.05) is 12.1 Å². The van der Waals surface area contributed by atoms with Gasteiger partial charge in [-0.3, -0.25) is 0 Å². The molecule has 0 saturated carbocycles. The van der Waals surface area contributed by atoms with Gasteiger partial charge in [0.25, 0.3) is 0 Å². The molecule has 0 fully saturated rings. The summed E-state index contributed by atoms with van der Waals surface area (Å²) in [5.74, 6) is 2.40. The molecular formula is C19H23N5O. The number of aromatic nitrogens is 4. The molecule has 0 spiro atoms. The second-order valence-corrected chi connectivity index (χ2v) is 6.26. The monoisotopic (exact) mass is 337 g/mol. The lowest BCUT2D eigenvalue weighted by Crippen LogP contribution is -2.07. The van der Waals surface area contributed by atoms with E-state index in [1.54, 1.807) is 6.33 Å². The summed E-state index contributed by atoms with van der Waals surface area (Å²) in [6.07, 6.45) is 1.73. The molecule has 0 bridgehead atoms. The topological polar surface area (TPSA) is 64.9 Å². The highest BCUT2D eigenvalue weighted by Crippen LogP contribution is 2.16. The maximum Gasteiger partial charge on any atom is 0.159 e. The van der Waals surface area contributed by atoms with E-state index in [1.165, 1.54) is 0 Å². The number of hydrogen-bond donors (Lipinski definition) is 1. The van der Waals surface area contributed by atoms with E-state index in [4.69, 9.17) is 4.74 Å². The number of nitrogens with one attached hydrogen (secondary N) is 1. The predicted molar refractivity (Wildman–Crippen MR) is 98.2 cm³/mol. The molecule has 6 nitrogen and oxygen atoms in total. The molecule has 6 heteroatoms. The summed E-state index contributed by atoms with van der Waals surface area (Å²) in [4.78, 5) is 8.60. The normalized spacial score (nSPS) is 10.9. The van der Waals surface area contributed by atoms with Gasteiger partial charge in [0.1, 0.15) is 17.9 Å². The molecule has 3 rings (SSSR count). The van der Waals surface area contributed by atoms with Crippen LogP contribution in [0.4, 0.5) is 5.82 Å². The molecular weight excluding hydrogens is 314 g/mol. The fraction of sp³-hybridized carbons (Fsp3) is 0.316. The summed E-state index contributed by atoms with van der Waals surface area (Å²) >= 11 is 0. The first-order valence-corrected chi connectivity index (χ1v) is 8.36. The van der Waals surface area contributed by atoms with Crippen molar-refractivity contribution in [3.63, 3.8) is 0 Å². The summed E-state index contributed by atoms with van der Waals surface area (Å²) < 4.78 is 7.48. The summed E-state index contributed by atoms with van der Waals surface area (Å²) in [6, 6.07) is 12.0. The van der Waals surface area contributed by atoms with Crippen LogP contribution in [-0.4, -0.2) is 25.9 Å². The van der Waals surface area contributed by atoms with Crippen LogP contribution in [0.5, 0.6) is 5.75 Å². The number of aryl methyl sites for hydroxylation is 2. The van der Waals surface area contributed by atoms with Crippen molar-refractivity contribution in [3.8, 4) is 11.6 Å². The minimum Gasteiger partial charge on any atom is -0.491 e. The third-order valence-corrected chi connectivity index (χ3v) is 3.65. The Morgan fingerprint density at radius 3 is 2.48 bits per heavy atom. The second kappa shape index (κ2) is 7.34. The SMILES string of the molecule is Cc1cc(C)n(-c2cc(NCc3ccc(OC(C)C)cc3)ncn2)n1. The summed E-state index contributed by atoms with van der Waals surface area (Å²) in [7, 11) is 0. The molecule has 0 radical (unpaired) electrons. The lowest BCUT2D eigenvalue weighted by molar-refractivity contribution is 0.242. The molecule has 0 atom stereocenters. The van der Waals surface area contributed by atoms with Gasteiger partial charge in [0.2, 0.25) is 0 Å². The Hall–Kier alpha value is -2.89. The minimum absolute atomic E-state index is 0.179. The fourth-order valence-electron chi connectivity index (χ4n) is 2.57. The molecule has 0 saturated heterocycles. The Labute approximate surface area is 147 Å². The van der Waals surface area contributed by atoms with Crippen molar-refractivity contribution in [1.82, 2.24) is 19.7 Å². The van der Waals surface area contributed by atoms with E-state index < -0.39 is 0 Å². The highest BCUT2D eigenvalue weighted by atomic mass is 16.5. The Bertz CT molecular complexity index is 839. The minimum atomic E-state index is 0.179. The van der Waals surface area contributed by atoms with Gasteiger partial charge >= 0.3 is 0 Å². The number of anilines is 1. The Morgan fingerprint density at radius 1 is 1.08 bits per heavy atom. The lowest BCUT2D eigenvalue weighted by Gasteiger charge is -2.11. The van der Waals surface area contributed by atoms with Crippen LogP contribution < -0.4 is 10.1 Å². The summed E-state index contributed by atoms with van der Waals surface area (Å²) in [6.45, 7) is 8.69. The lowest BCUT2D eigenvalue weighted by atomic mass is 10.2. The van der Waals surface area contributed by atoms with Crippen LogP contribution in [0.25, 0.3) is 5.82 Å². The van der Waals surface area contributed by atoms with Crippen molar-refractivity contribution in [2.75, 3.05) is 5.32 Å². The summed E-state index contributed by atoms with van der Waals surface area (Å²) in [5.41, 5.74) is 3.17. The van der Waals surface area contributed by atoms with Gasteiger partial charge < -0.3 is 10.1 Å².